The van der Waals surface area contributed by atoms with Gasteiger partial charge in [-0.1, -0.05) is 19.3 Å². The molecule has 0 unspecified atom stereocenters. The zero-order valence-corrected chi connectivity index (χ0v) is 13.9. The highest BCUT2D eigenvalue weighted by Gasteiger charge is 2.31. The summed E-state index contributed by atoms with van der Waals surface area (Å²) in [5.74, 6) is 1.13. The fraction of sp³-hybridized carbons (Fsp3) is 0.786. The summed E-state index contributed by atoms with van der Waals surface area (Å²) in [4.78, 5) is 12.8. The molecule has 118 valence electrons. The number of nitrogens with zero attached hydrogens (tertiary/aromatic N) is 3. The molecule has 1 saturated carbocycles. The first kappa shape index (κ1) is 16.1. The quantitative estimate of drug-likeness (QED) is 0.802. The van der Waals surface area contributed by atoms with Gasteiger partial charge in [-0.15, -0.1) is 0 Å². The summed E-state index contributed by atoms with van der Waals surface area (Å²) in [6.45, 7) is 3.66. The molecule has 1 heterocycles. The van der Waals surface area contributed by atoms with E-state index in [9.17, 15) is 0 Å². The highest BCUT2D eigenvalue weighted by atomic mass is 32.2. The van der Waals surface area contributed by atoms with Crippen LogP contribution in [0.25, 0.3) is 0 Å². The van der Waals surface area contributed by atoms with Gasteiger partial charge in [-0.2, -0.15) is 26.7 Å². The van der Waals surface area contributed by atoms with Gasteiger partial charge in [-0.3, -0.25) is 0 Å². The lowest BCUT2D eigenvalue weighted by molar-refractivity contribution is 0.378. The molecule has 1 fully saturated rings. The Hall–Kier alpha value is -1.24. The Morgan fingerprint density at radius 1 is 1.10 bits per heavy atom. The Kier molecular flexibility index (Phi) is 5.90. The SMILES string of the molecule is CCNc1nc(NCC2(SC)CCCCC2)nc(OC)n1. The van der Waals surface area contributed by atoms with Gasteiger partial charge in [0.15, 0.2) is 0 Å². The standard InChI is InChI=1S/C14H25N5OS/c1-4-15-11-17-12(19-13(18-11)20-2)16-10-14(21-3)8-6-5-7-9-14/h4-10H2,1-3H3,(H2,15,16,17,18,19). The van der Waals surface area contributed by atoms with Gasteiger partial charge >= 0.3 is 6.01 Å². The number of thioether (sulfide) groups is 1. The number of hydrogen-bond donors (Lipinski definition) is 2. The van der Waals surface area contributed by atoms with E-state index in [4.69, 9.17) is 4.74 Å². The van der Waals surface area contributed by atoms with Crippen LogP contribution < -0.4 is 15.4 Å². The molecule has 0 spiro atoms. The van der Waals surface area contributed by atoms with Crippen LogP contribution in [0.3, 0.4) is 0 Å². The number of aromatic nitrogens is 3. The van der Waals surface area contributed by atoms with E-state index in [-0.39, 0.29) is 0 Å². The Bertz CT molecular complexity index is 451. The number of rotatable bonds is 7. The fourth-order valence-corrected chi connectivity index (χ4v) is 3.57. The summed E-state index contributed by atoms with van der Waals surface area (Å²) in [6, 6.07) is 0.338. The Morgan fingerprint density at radius 3 is 2.33 bits per heavy atom. The van der Waals surface area contributed by atoms with Crippen molar-refractivity contribution in [3.63, 3.8) is 0 Å². The second-order valence-electron chi connectivity index (χ2n) is 5.30. The largest absolute Gasteiger partial charge is 0.467 e. The molecule has 0 amide bonds. The summed E-state index contributed by atoms with van der Waals surface area (Å²) in [6.07, 6.45) is 8.68. The van der Waals surface area contributed by atoms with Gasteiger partial charge in [-0.25, -0.2) is 0 Å². The average Bonchev–Trinajstić information content (AvgIpc) is 2.54. The second kappa shape index (κ2) is 7.68. The molecule has 0 radical (unpaired) electrons. The molecule has 1 aromatic heterocycles. The van der Waals surface area contributed by atoms with Crippen molar-refractivity contribution in [1.29, 1.82) is 0 Å². The van der Waals surface area contributed by atoms with E-state index >= 15 is 0 Å². The van der Waals surface area contributed by atoms with Crippen LogP contribution in [0.2, 0.25) is 0 Å². The zero-order valence-electron chi connectivity index (χ0n) is 13.1. The van der Waals surface area contributed by atoms with Crippen LogP contribution in [0.15, 0.2) is 0 Å². The van der Waals surface area contributed by atoms with Crippen LogP contribution in [0.1, 0.15) is 39.0 Å². The molecule has 21 heavy (non-hydrogen) atoms. The summed E-state index contributed by atoms with van der Waals surface area (Å²) < 4.78 is 5.44. The van der Waals surface area contributed by atoms with Gasteiger partial charge in [0.05, 0.1) is 7.11 Å². The van der Waals surface area contributed by atoms with Gasteiger partial charge in [0.2, 0.25) is 11.9 Å². The van der Waals surface area contributed by atoms with Crippen molar-refractivity contribution in [2.75, 3.05) is 37.1 Å². The molecule has 0 aliphatic heterocycles. The topological polar surface area (TPSA) is 72.0 Å². The summed E-state index contributed by atoms with van der Waals surface area (Å²) >= 11 is 1.96. The summed E-state index contributed by atoms with van der Waals surface area (Å²) in [5.41, 5.74) is 0. The predicted octanol–water partition coefficient (Wildman–Crippen LogP) is 2.79. The van der Waals surface area contributed by atoms with E-state index in [1.54, 1.807) is 7.11 Å². The van der Waals surface area contributed by atoms with Crippen LogP contribution in [-0.2, 0) is 0 Å². The van der Waals surface area contributed by atoms with Gasteiger partial charge in [0.25, 0.3) is 0 Å². The molecule has 2 rings (SSSR count). The summed E-state index contributed by atoms with van der Waals surface area (Å²) in [5, 5.41) is 6.47. The second-order valence-corrected chi connectivity index (χ2v) is 6.58. The van der Waals surface area contributed by atoms with Gasteiger partial charge in [0.1, 0.15) is 0 Å². The lowest BCUT2D eigenvalue weighted by atomic mass is 9.88. The minimum absolute atomic E-state index is 0.302. The van der Waals surface area contributed by atoms with Crippen molar-refractivity contribution in [2.24, 2.45) is 0 Å². The average molecular weight is 311 g/mol. The lowest BCUT2D eigenvalue weighted by Crippen LogP contribution is -2.36. The van der Waals surface area contributed by atoms with Gasteiger partial charge in [0, 0.05) is 17.8 Å². The van der Waals surface area contributed by atoms with E-state index in [1.165, 1.54) is 32.1 Å². The third-order valence-corrected chi connectivity index (χ3v) is 5.32. The van der Waals surface area contributed by atoms with Crippen LogP contribution in [-0.4, -0.2) is 46.2 Å². The minimum Gasteiger partial charge on any atom is -0.467 e. The summed E-state index contributed by atoms with van der Waals surface area (Å²) in [7, 11) is 1.57. The lowest BCUT2D eigenvalue weighted by Gasteiger charge is -2.35. The van der Waals surface area contributed by atoms with Crippen molar-refractivity contribution in [1.82, 2.24) is 15.0 Å². The van der Waals surface area contributed by atoms with Crippen LogP contribution in [0.5, 0.6) is 6.01 Å². The smallest absolute Gasteiger partial charge is 0.322 e. The third-order valence-electron chi connectivity index (χ3n) is 3.90. The van der Waals surface area contributed by atoms with Crippen molar-refractivity contribution in [3.8, 4) is 6.01 Å². The van der Waals surface area contributed by atoms with Crippen LogP contribution >= 0.6 is 11.8 Å². The number of nitrogens with one attached hydrogen (secondary N) is 2. The first-order valence-corrected chi connectivity index (χ1v) is 8.77. The molecule has 1 aromatic rings. The van der Waals surface area contributed by atoms with Gasteiger partial charge < -0.3 is 15.4 Å². The first-order valence-electron chi connectivity index (χ1n) is 7.54. The Balaban J connectivity index is 2.05. The molecule has 7 heteroatoms. The Labute approximate surface area is 130 Å². The van der Waals surface area contributed by atoms with Gasteiger partial charge in [-0.05, 0) is 26.0 Å². The molecule has 0 aromatic carbocycles. The van der Waals surface area contributed by atoms with E-state index in [0.717, 1.165) is 13.1 Å². The maximum atomic E-state index is 5.14. The third kappa shape index (κ3) is 4.36. The molecule has 1 aliphatic carbocycles. The maximum Gasteiger partial charge on any atom is 0.322 e. The predicted molar refractivity (Wildman–Crippen MR) is 88.4 cm³/mol. The highest BCUT2D eigenvalue weighted by molar-refractivity contribution is 8.00. The molecule has 0 saturated heterocycles. The van der Waals surface area contributed by atoms with Crippen molar-refractivity contribution in [3.05, 3.63) is 0 Å². The minimum atomic E-state index is 0.302. The number of anilines is 2. The van der Waals surface area contributed by atoms with E-state index in [2.05, 4.69) is 31.8 Å². The van der Waals surface area contributed by atoms with Crippen LogP contribution in [0, 0.1) is 0 Å². The molecule has 0 bridgehead atoms. The van der Waals surface area contributed by atoms with Crippen LogP contribution in [0.4, 0.5) is 11.9 Å². The van der Waals surface area contributed by atoms with E-state index in [1.807, 2.05) is 18.7 Å². The normalized spacial score (nSPS) is 17.3. The van der Waals surface area contributed by atoms with E-state index in [0.29, 0.717) is 22.7 Å². The van der Waals surface area contributed by atoms with Crippen molar-refractivity contribution >= 4 is 23.7 Å². The number of methoxy groups -OCH3 is 1. The monoisotopic (exact) mass is 311 g/mol. The van der Waals surface area contributed by atoms with Crippen molar-refractivity contribution < 1.29 is 4.74 Å². The Morgan fingerprint density at radius 2 is 1.76 bits per heavy atom. The number of hydrogen-bond acceptors (Lipinski definition) is 7. The molecule has 6 nitrogen and oxygen atoms in total. The molecule has 0 atom stereocenters. The van der Waals surface area contributed by atoms with E-state index < -0.39 is 0 Å². The number of ether oxygens (including phenoxy) is 1. The molecular weight excluding hydrogens is 286 g/mol. The van der Waals surface area contributed by atoms with Crippen molar-refractivity contribution in [2.45, 2.75) is 43.8 Å². The highest BCUT2D eigenvalue weighted by Crippen LogP contribution is 2.38. The molecule has 2 N–H and O–H groups in total. The zero-order chi connectivity index (χ0) is 15.1. The molecular formula is C14H25N5OS. The fourth-order valence-electron chi connectivity index (χ4n) is 2.65. The first-order chi connectivity index (χ1) is 10.2. The molecule has 1 aliphatic rings. The maximum absolute atomic E-state index is 5.14.